The highest BCUT2D eigenvalue weighted by Crippen LogP contribution is 2.13. The molecule has 0 N–H and O–H groups in total. The predicted molar refractivity (Wildman–Crippen MR) is 62.0 cm³/mol. The van der Waals surface area contributed by atoms with Gasteiger partial charge in [-0.1, -0.05) is 35.5 Å². The zero-order valence-corrected chi connectivity index (χ0v) is 10.2. The molecule has 2 aromatic rings. The Morgan fingerprint density at radius 3 is 2.27 bits per heavy atom. The largest absolute Gasteiger partial charge is 0.204 e. The normalized spacial score (nSPS) is 11.7. The van der Waals surface area contributed by atoms with Gasteiger partial charge in [0, 0.05) is 5.56 Å². The summed E-state index contributed by atoms with van der Waals surface area (Å²) < 4.78 is 1.77. The predicted octanol–water partition coefficient (Wildman–Crippen LogP) is 2.02. The average Bonchev–Trinajstić information content (AvgIpc) is 2.67. The van der Waals surface area contributed by atoms with E-state index in [9.17, 15) is 0 Å². The minimum atomic E-state index is -1.51. The fourth-order valence-electron chi connectivity index (χ4n) is 1.20. The molecule has 0 unspecified atom stereocenters. The molecule has 0 bridgehead atoms. The SMILES string of the molecule is C[Si](C)(C)n1nnc(-c2ccccc2)n1. The lowest BCUT2D eigenvalue weighted by molar-refractivity contribution is 0.763. The Bertz CT molecular complexity index is 444. The molecule has 15 heavy (non-hydrogen) atoms. The molecule has 1 aromatic heterocycles. The van der Waals surface area contributed by atoms with Gasteiger partial charge in [0.2, 0.25) is 14.1 Å². The van der Waals surface area contributed by atoms with Crippen LogP contribution in [0.25, 0.3) is 11.4 Å². The van der Waals surface area contributed by atoms with Crippen molar-refractivity contribution in [2.45, 2.75) is 19.6 Å². The van der Waals surface area contributed by atoms with E-state index in [4.69, 9.17) is 0 Å². The van der Waals surface area contributed by atoms with Crippen molar-refractivity contribution in [3.8, 4) is 11.4 Å². The van der Waals surface area contributed by atoms with Crippen LogP contribution in [0.5, 0.6) is 0 Å². The van der Waals surface area contributed by atoms with Gasteiger partial charge in [-0.05, 0) is 19.6 Å². The first-order valence-corrected chi connectivity index (χ1v) is 8.38. The van der Waals surface area contributed by atoms with Crippen molar-refractivity contribution in [1.29, 1.82) is 0 Å². The summed E-state index contributed by atoms with van der Waals surface area (Å²) in [5.74, 6) is 0.707. The molecule has 4 nitrogen and oxygen atoms in total. The van der Waals surface area contributed by atoms with E-state index >= 15 is 0 Å². The molecule has 0 fully saturated rings. The van der Waals surface area contributed by atoms with Gasteiger partial charge in [0.1, 0.15) is 0 Å². The second-order valence-electron chi connectivity index (χ2n) is 4.44. The Morgan fingerprint density at radius 2 is 1.73 bits per heavy atom. The molecule has 2 rings (SSSR count). The topological polar surface area (TPSA) is 43.6 Å². The smallest absolute Gasteiger partial charge is 0.201 e. The van der Waals surface area contributed by atoms with E-state index in [1.165, 1.54) is 0 Å². The van der Waals surface area contributed by atoms with Crippen LogP contribution in [0.2, 0.25) is 19.6 Å². The van der Waals surface area contributed by atoms with E-state index in [2.05, 4.69) is 35.1 Å². The molecule has 0 aliphatic heterocycles. The lowest BCUT2D eigenvalue weighted by atomic mass is 10.2. The van der Waals surface area contributed by atoms with E-state index < -0.39 is 8.24 Å². The van der Waals surface area contributed by atoms with Gasteiger partial charge < -0.3 is 0 Å². The molecule has 78 valence electrons. The molecule has 5 heteroatoms. The second kappa shape index (κ2) is 3.58. The van der Waals surface area contributed by atoms with Gasteiger partial charge in [-0.25, -0.2) is 4.46 Å². The Labute approximate surface area is 90.0 Å². The zero-order chi connectivity index (χ0) is 10.9. The number of benzene rings is 1. The first kappa shape index (κ1) is 10.0. The first-order chi connectivity index (χ1) is 7.07. The molecule has 0 saturated heterocycles. The van der Waals surface area contributed by atoms with Crippen LogP contribution in [0.3, 0.4) is 0 Å². The number of hydrogen-bond acceptors (Lipinski definition) is 3. The Balaban J connectivity index is 2.37. The molecular weight excluding hydrogens is 204 g/mol. The summed E-state index contributed by atoms with van der Waals surface area (Å²) in [6, 6.07) is 9.92. The van der Waals surface area contributed by atoms with Gasteiger partial charge in [0.05, 0.1) is 0 Å². The van der Waals surface area contributed by atoms with Crippen molar-refractivity contribution in [2.24, 2.45) is 0 Å². The van der Waals surface area contributed by atoms with Gasteiger partial charge in [-0.3, -0.25) is 0 Å². The van der Waals surface area contributed by atoms with Gasteiger partial charge in [-0.15, -0.1) is 10.2 Å². The summed E-state index contributed by atoms with van der Waals surface area (Å²) in [4.78, 5) is 0. The van der Waals surface area contributed by atoms with E-state index in [0.717, 1.165) is 5.56 Å². The highest BCUT2D eigenvalue weighted by atomic mass is 28.3. The number of hydrogen-bond donors (Lipinski definition) is 0. The van der Waals surface area contributed by atoms with Crippen LogP contribution in [0, 0.1) is 0 Å². The molecular formula is C10H14N4Si. The highest BCUT2D eigenvalue weighted by molar-refractivity contribution is 6.73. The van der Waals surface area contributed by atoms with Gasteiger partial charge in [0.25, 0.3) is 0 Å². The fraction of sp³-hybridized carbons (Fsp3) is 0.300. The van der Waals surface area contributed by atoms with Gasteiger partial charge in [-0.2, -0.15) is 0 Å². The van der Waals surface area contributed by atoms with Crippen LogP contribution >= 0.6 is 0 Å². The van der Waals surface area contributed by atoms with Crippen LogP contribution in [-0.4, -0.2) is 28.1 Å². The average molecular weight is 218 g/mol. The quantitative estimate of drug-likeness (QED) is 0.724. The Hall–Kier alpha value is -1.49. The first-order valence-electron chi connectivity index (χ1n) is 4.93. The number of nitrogens with zero attached hydrogens (tertiary/aromatic N) is 4. The molecule has 0 spiro atoms. The summed E-state index contributed by atoms with van der Waals surface area (Å²) in [5.41, 5.74) is 1.02. The third kappa shape index (κ3) is 2.12. The lowest BCUT2D eigenvalue weighted by Crippen LogP contribution is -2.34. The van der Waals surface area contributed by atoms with E-state index in [0.29, 0.717) is 5.82 Å². The van der Waals surface area contributed by atoms with Crippen molar-refractivity contribution in [3.05, 3.63) is 30.3 Å². The Morgan fingerprint density at radius 1 is 1.07 bits per heavy atom. The maximum atomic E-state index is 4.41. The monoisotopic (exact) mass is 218 g/mol. The van der Waals surface area contributed by atoms with Crippen LogP contribution < -0.4 is 0 Å². The summed E-state index contributed by atoms with van der Waals surface area (Å²) in [7, 11) is -1.51. The maximum Gasteiger partial charge on any atom is 0.204 e. The molecule has 0 aliphatic carbocycles. The van der Waals surface area contributed by atoms with Gasteiger partial charge >= 0.3 is 0 Å². The molecule has 0 atom stereocenters. The second-order valence-corrected chi connectivity index (χ2v) is 9.18. The summed E-state index contributed by atoms with van der Waals surface area (Å²) in [6.45, 7) is 6.55. The minimum Gasteiger partial charge on any atom is -0.201 e. The van der Waals surface area contributed by atoms with Crippen molar-refractivity contribution in [3.63, 3.8) is 0 Å². The molecule has 0 saturated carbocycles. The molecule has 1 heterocycles. The summed E-state index contributed by atoms with van der Waals surface area (Å²) >= 11 is 0. The van der Waals surface area contributed by atoms with Crippen molar-refractivity contribution >= 4 is 8.24 Å². The fourth-order valence-corrected chi connectivity index (χ4v) is 1.91. The molecule has 0 aliphatic rings. The molecule has 1 aromatic carbocycles. The molecule has 0 radical (unpaired) electrons. The third-order valence-electron chi connectivity index (χ3n) is 2.05. The number of aromatic nitrogens is 4. The van der Waals surface area contributed by atoms with Crippen LogP contribution in [0.15, 0.2) is 30.3 Å². The number of tetrazole rings is 1. The van der Waals surface area contributed by atoms with E-state index in [1.807, 2.05) is 30.3 Å². The maximum absolute atomic E-state index is 4.41. The van der Waals surface area contributed by atoms with Crippen molar-refractivity contribution in [1.82, 2.24) is 19.9 Å². The molecule has 0 amide bonds. The zero-order valence-electron chi connectivity index (χ0n) is 9.18. The standard InChI is InChI=1S/C10H14N4Si/c1-15(2,3)14-12-10(11-13-14)9-7-5-4-6-8-9/h4-8H,1-3H3. The van der Waals surface area contributed by atoms with Crippen molar-refractivity contribution in [2.75, 3.05) is 0 Å². The highest BCUT2D eigenvalue weighted by Gasteiger charge is 2.20. The van der Waals surface area contributed by atoms with Crippen LogP contribution in [-0.2, 0) is 0 Å². The van der Waals surface area contributed by atoms with E-state index in [-0.39, 0.29) is 0 Å². The minimum absolute atomic E-state index is 0.707. The van der Waals surface area contributed by atoms with Crippen molar-refractivity contribution < 1.29 is 0 Å². The van der Waals surface area contributed by atoms with E-state index in [1.54, 1.807) is 4.46 Å². The lowest BCUT2D eigenvalue weighted by Gasteiger charge is -2.11. The summed E-state index contributed by atoms with van der Waals surface area (Å²) in [6.07, 6.45) is 0. The van der Waals surface area contributed by atoms with Gasteiger partial charge in [0.15, 0.2) is 0 Å². The number of rotatable bonds is 2. The van der Waals surface area contributed by atoms with Crippen LogP contribution in [0.1, 0.15) is 0 Å². The third-order valence-corrected chi connectivity index (χ3v) is 3.44. The van der Waals surface area contributed by atoms with Crippen LogP contribution in [0.4, 0.5) is 0 Å². The summed E-state index contributed by atoms with van der Waals surface area (Å²) in [5, 5.41) is 12.6. The Kier molecular flexibility index (Phi) is 2.40.